The highest BCUT2D eigenvalue weighted by Gasteiger charge is 2.12. The van der Waals surface area contributed by atoms with Crippen LogP contribution in [0, 0.1) is 0 Å². The molecule has 0 amide bonds. The van der Waals surface area contributed by atoms with Crippen molar-refractivity contribution < 1.29 is 28.5 Å². The average Bonchev–Trinajstić information content (AvgIpc) is 3.15. The Morgan fingerprint density at radius 3 is 2.57 bits per heavy atom. The molecule has 0 atom stereocenters. The van der Waals surface area contributed by atoms with Crippen molar-refractivity contribution in [1.82, 2.24) is 9.97 Å². The molecule has 9 heteroatoms. The third-order valence-corrected chi connectivity index (χ3v) is 4.20. The zero-order chi connectivity index (χ0) is 21.1. The molecule has 0 saturated heterocycles. The van der Waals surface area contributed by atoms with Crippen molar-refractivity contribution >= 4 is 28.8 Å². The average molecular weight is 407 g/mol. The van der Waals surface area contributed by atoms with Crippen LogP contribution in [0.15, 0.2) is 59.1 Å². The number of oxazole rings is 1. The minimum absolute atomic E-state index is 0.104. The zero-order valence-electron chi connectivity index (χ0n) is 16.1. The number of anilines is 2. The van der Waals surface area contributed by atoms with Crippen molar-refractivity contribution in [3.8, 4) is 23.0 Å². The summed E-state index contributed by atoms with van der Waals surface area (Å²) in [6.45, 7) is 0. The maximum absolute atomic E-state index is 11.1. The maximum Gasteiger partial charge on any atom is 0.354 e. The van der Waals surface area contributed by atoms with Crippen molar-refractivity contribution in [3.63, 3.8) is 0 Å². The highest BCUT2D eigenvalue weighted by Crippen LogP contribution is 2.33. The van der Waals surface area contributed by atoms with E-state index in [4.69, 9.17) is 23.7 Å². The number of aromatic nitrogens is 2. The van der Waals surface area contributed by atoms with E-state index in [-0.39, 0.29) is 11.7 Å². The molecular weight excluding hydrogens is 390 g/mol. The fraction of sp³-hybridized carbons (Fsp3) is 0.0952. The topological polar surface area (TPSA) is 116 Å². The van der Waals surface area contributed by atoms with Gasteiger partial charge >= 0.3 is 5.97 Å². The number of methoxy groups -OCH3 is 2. The van der Waals surface area contributed by atoms with Crippen LogP contribution in [0.4, 0.5) is 11.7 Å². The van der Waals surface area contributed by atoms with E-state index in [2.05, 4.69) is 15.3 Å². The fourth-order valence-corrected chi connectivity index (χ4v) is 2.77. The van der Waals surface area contributed by atoms with Gasteiger partial charge in [0.1, 0.15) is 28.5 Å². The molecule has 4 rings (SSSR count). The van der Waals surface area contributed by atoms with Crippen molar-refractivity contribution in [3.05, 3.63) is 60.4 Å². The van der Waals surface area contributed by atoms with Crippen LogP contribution in [-0.4, -0.2) is 35.3 Å². The smallest absolute Gasteiger partial charge is 0.354 e. The van der Waals surface area contributed by atoms with Crippen LogP contribution in [0.1, 0.15) is 10.5 Å². The van der Waals surface area contributed by atoms with Gasteiger partial charge in [-0.25, -0.2) is 9.78 Å². The van der Waals surface area contributed by atoms with E-state index < -0.39 is 5.97 Å². The number of nitrogens with zero attached hydrogens (tertiary/aromatic N) is 2. The van der Waals surface area contributed by atoms with E-state index in [1.54, 1.807) is 56.7 Å². The van der Waals surface area contributed by atoms with Gasteiger partial charge in [-0.3, -0.25) is 0 Å². The van der Waals surface area contributed by atoms with E-state index in [0.29, 0.717) is 39.8 Å². The predicted octanol–water partition coefficient (Wildman–Crippen LogP) is 4.47. The molecule has 0 bridgehead atoms. The summed E-state index contributed by atoms with van der Waals surface area (Å²) >= 11 is 0. The normalized spacial score (nSPS) is 10.6. The van der Waals surface area contributed by atoms with E-state index in [9.17, 15) is 4.79 Å². The van der Waals surface area contributed by atoms with Gasteiger partial charge < -0.3 is 29.1 Å². The summed E-state index contributed by atoms with van der Waals surface area (Å²) < 4.78 is 22.1. The van der Waals surface area contributed by atoms with Gasteiger partial charge in [0.25, 0.3) is 6.01 Å². The van der Waals surface area contributed by atoms with Crippen molar-refractivity contribution in [1.29, 1.82) is 0 Å². The summed E-state index contributed by atoms with van der Waals surface area (Å²) in [5.41, 5.74) is 1.68. The number of aromatic carboxylic acids is 1. The maximum atomic E-state index is 11.1. The third kappa shape index (κ3) is 3.95. The number of hydrogen-bond donors (Lipinski definition) is 2. The Balaban J connectivity index is 1.57. The lowest BCUT2D eigenvalue weighted by molar-refractivity contribution is 0.0690. The Morgan fingerprint density at radius 2 is 1.80 bits per heavy atom. The Bertz CT molecular complexity index is 1220. The Kier molecular flexibility index (Phi) is 5.08. The second-order valence-electron chi connectivity index (χ2n) is 6.12. The minimum Gasteiger partial charge on any atom is -0.497 e. The number of rotatable bonds is 7. The van der Waals surface area contributed by atoms with Crippen LogP contribution in [-0.2, 0) is 0 Å². The van der Waals surface area contributed by atoms with Crippen LogP contribution >= 0.6 is 0 Å². The van der Waals surface area contributed by atoms with Gasteiger partial charge in [0, 0.05) is 24.4 Å². The number of hydrogen-bond acceptors (Lipinski definition) is 8. The van der Waals surface area contributed by atoms with Gasteiger partial charge in [0.15, 0.2) is 11.3 Å². The van der Waals surface area contributed by atoms with E-state index in [1.165, 1.54) is 12.3 Å². The second kappa shape index (κ2) is 8.00. The molecule has 0 aliphatic heterocycles. The highest BCUT2D eigenvalue weighted by molar-refractivity contribution is 5.85. The number of carboxylic acids is 1. The molecule has 0 aliphatic carbocycles. The molecule has 152 valence electrons. The fourth-order valence-electron chi connectivity index (χ4n) is 2.77. The molecule has 9 nitrogen and oxygen atoms in total. The van der Waals surface area contributed by atoms with Gasteiger partial charge in [0.2, 0.25) is 0 Å². The molecule has 0 radical (unpaired) electrons. The highest BCUT2D eigenvalue weighted by atomic mass is 16.5. The molecule has 0 spiro atoms. The van der Waals surface area contributed by atoms with E-state index >= 15 is 0 Å². The summed E-state index contributed by atoms with van der Waals surface area (Å²) in [7, 11) is 3.14. The quantitative estimate of drug-likeness (QED) is 0.457. The zero-order valence-corrected chi connectivity index (χ0v) is 16.1. The van der Waals surface area contributed by atoms with Gasteiger partial charge in [-0.15, -0.1) is 0 Å². The summed E-state index contributed by atoms with van der Waals surface area (Å²) in [6.07, 6.45) is 1.37. The van der Waals surface area contributed by atoms with Crippen LogP contribution in [0.2, 0.25) is 0 Å². The molecule has 0 unspecified atom stereocenters. The van der Waals surface area contributed by atoms with Gasteiger partial charge in [-0.2, -0.15) is 4.98 Å². The summed E-state index contributed by atoms with van der Waals surface area (Å²) in [5.74, 6) is 0.930. The van der Waals surface area contributed by atoms with E-state index in [0.717, 1.165) is 0 Å². The number of pyridine rings is 1. The van der Waals surface area contributed by atoms with Crippen molar-refractivity contribution in [2.45, 2.75) is 0 Å². The Hall–Kier alpha value is -4.27. The SMILES string of the molecule is COc1ccc(Nc2nc3ccc(Oc4ccnc(C(=O)O)c4)cc3o2)c(OC)c1. The molecule has 4 aromatic rings. The van der Waals surface area contributed by atoms with Crippen molar-refractivity contribution in [2.24, 2.45) is 0 Å². The van der Waals surface area contributed by atoms with Crippen LogP contribution in [0.3, 0.4) is 0 Å². The van der Waals surface area contributed by atoms with Crippen LogP contribution in [0.25, 0.3) is 11.1 Å². The lowest BCUT2D eigenvalue weighted by Gasteiger charge is -2.09. The summed E-state index contributed by atoms with van der Waals surface area (Å²) in [4.78, 5) is 19.2. The first-order valence-corrected chi connectivity index (χ1v) is 8.82. The molecular formula is C21H17N3O6. The lowest BCUT2D eigenvalue weighted by Crippen LogP contribution is -1.99. The van der Waals surface area contributed by atoms with Crippen LogP contribution < -0.4 is 19.5 Å². The summed E-state index contributed by atoms with van der Waals surface area (Å²) in [6, 6.07) is 13.6. The predicted molar refractivity (Wildman–Crippen MR) is 108 cm³/mol. The first-order valence-electron chi connectivity index (χ1n) is 8.82. The molecule has 2 heterocycles. The molecule has 0 fully saturated rings. The first kappa shape index (κ1) is 19.1. The molecule has 30 heavy (non-hydrogen) atoms. The Labute approximate surface area is 170 Å². The molecule has 0 saturated carbocycles. The minimum atomic E-state index is -1.13. The van der Waals surface area contributed by atoms with Gasteiger partial charge in [-0.1, -0.05) is 0 Å². The molecule has 2 N–H and O–H groups in total. The van der Waals surface area contributed by atoms with Gasteiger partial charge in [0.05, 0.1) is 19.9 Å². The number of nitrogens with one attached hydrogen (secondary N) is 1. The molecule has 0 aliphatic rings. The number of carboxylic acid groups (broad SMARTS) is 1. The second-order valence-corrected chi connectivity index (χ2v) is 6.12. The number of fused-ring (bicyclic) bond motifs is 1. The largest absolute Gasteiger partial charge is 0.497 e. The van der Waals surface area contributed by atoms with Crippen molar-refractivity contribution in [2.75, 3.05) is 19.5 Å². The van der Waals surface area contributed by atoms with Crippen LogP contribution in [0.5, 0.6) is 23.0 Å². The molecule has 2 aromatic carbocycles. The number of benzene rings is 2. The lowest BCUT2D eigenvalue weighted by atomic mass is 10.2. The standard InChI is InChI=1S/C21H17N3O6/c1-27-12-3-5-15(18(10-12)28-2)23-21-24-16-6-4-13(11-19(16)30-21)29-14-7-8-22-17(9-14)20(25)26/h3-11H,1-2H3,(H,23,24)(H,25,26). The number of carbonyl (C=O) groups is 1. The van der Waals surface area contributed by atoms with Gasteiger partial charge in [-0.05, 0) is 30.3 Å². The molecule has 2 aromatic heterocycles. The van der Waals surface area contributed by atoms with E-state index in [1.807, 2.05) is 0 Å². The summed E-state index contributed by atoms with van der Waals surface area (Å²) in [5, 5.41) is 12.1. The Morgan fingerprint density at radius 1 is 1.00 bits per heavy atom. The monoisotopic (exact) mass is 407 g/mol. The first-order chi connectivity index (χ1) is 14.6. The third-order valence-electron chi connectivity index (χ3n) is 4.20. The number of ether oxygens (including phenoxy) is 3.